The number of nitrogens with one attached hydrogen (secondary N) is 2. The van der Waals surface area contributed by atoms with Gasteiger partial charge in [-0.15, -0.1) is 0 Å². The van der Waals surface area contributed by atoms with Crippen molar-refractivity contribution in [2.24, 2.45) is 5.10 Å². The molecule has 3 aromatic rings. The number of ether oxygens (including phenoxy) is 2. The molecule has 1 aromatic carbocycles. The van der Waals surface area contributed by atoms with Gasteiger partial charge < -0.3 is 19.2 Å². The Morgan fingerprint density at radius 3 is 2.60 bits per heavy atom. The molecule has 0 spiro atoms. The number of rotatable bonds is 10. The van der Waals surface area contributed by atoms with E-state index in [1.807, 2.05) is 48.5 Å². The number of hydrogen-bond acceptors (Lipinski definition) is 8. The summed E-state index contributed by atoms with van der Waals surface area (Å²) in [5.74, 6) is -0.115. The van der Waals surface area contributed by atoms with Crippen LogP contribution in [0.4, 0.5) is 4.79 Å². The lowest BCUT2D eigenvalue weighted by Gasteiger charge is -2.22. The third-order valence-corrected chi connectivity index (χ3v) is 5.09. The van der Waals surface area contributed by atoms with Gasteiger partial charge in [0.05, 0.1) is 19.4 Å². The molecule has 2 aromatic heterocycles. The molecule has 2 N–H and O–H groups in total. The van der Waals surface area contributed by atoms with Gasteiger partial charge in [0.15, 0.2) is 5.09 Å². The number of furan rings is 1. The average Bonchev–Trinajstić information content (AvgIpc) is 3.25. The Kier molecular flexibility index (Phi) is 9.45. The van der Waals surface area contributed by atoms with Gasteiger partial charge in [-0.1, -0.05) is 36.4 Å². The number of nitrogens with zero attached hydrogens (tertiary/aromatic N) is 2. The van der Waals surface area contributed by atoms with Gasteiger partial charge in [0.25, 0.3) is 5.91 Å². The van der Waals surface area contributed by atoms with Gasteiger partial charge in [-0.3, -0.25) is 4.79 Å². The smallest absolute Gasteiger partial charge is 0.408 e. The summed E-state index contributed by atoms with van der Waals surface area (Å²) in [5, 5.41) is 7.90. The van der Waals surface area contributed by atoms with Gasteiger partial charge in [0.2, 0.25) is 0 Å². The first-order valence-electron chi connectivity index (χ1n) is 10.9. The highest BCUT2D eigenvalue weighted by Gasteiger charge is 2.24. The normalized spacial score (nSPS) is 12.3. The van der Waals surface area contributed by atoms with Crippen LogP contribution in [0, 0.1) is 0 Å². The number of benzene rings is 1. The molecule has 2 heterocycles. The molecule has 0 fully saturated rings. The first-order valence-corrected chi connectivity index (χ1v) is 11.7. The maximum atomic E-state index is 12.7. The summed E-state index contributed by atoms with van der Waals surface area (Å²) in [7, 11) is 0. The molecule has 184 valence electrons. The van der Waals surface area contributed by atoms with E-state index < -0.39 is 23.6 Å². The first kappa shape index (κ1) is 26.0. The highest BCUT2D eigenvalue weighted by molar-refractivity contribution is 7.99. The highest BCUT2D eigenvalue weighted by Crippen LogP contribution is 2.26. The molecule has 10 heteroatoms. The van der Waals surface area contributed by atoms with E-state index in [9.17, 15) is 9.59 Å². The molecule has 2 amide bonds. The average molecular weight is 497 g/mol. The van der Waals surface area contributed by atoms with E-state index in [0.717, 1.165) is 10.6 Å². The molecule has 0 radical (unpaired) electrons. The largest absolute Gasteiger partial charge is 0.448 e. The molecule has 0 unspecified atom stereocenters. The molecule has 0 aliphatic heterocycles. The molecule has 0 aliphatic rings. The van der Waals surface area contributed by atoms with Crippen molar-refractivity contribution in [1.82, 2.24) is 15.7 Å². The standard InChI is InChI=1S/C25H28N4O5S/c1-25(2,3)34-24(31)28-20(17-32-16-18-9-5-4-6-10-18)23(30)29-27-15-19-12-13-22(33-19)35-21-11-7-8-14-26-21/h4-15,20H,16-17H2,1-3H3,(H,28,31)(H,29,30)/b27-15-/t20-/m0/s1. The van der Waals surface area contributed by atoms with Gasteiger partial charge in [0, 0.05) is 6.20 Å². The van der Waals surface area contributed by atoms with Crippen LogP contribution in [-0.4, -0.2) is 41.4 Å². The summed E-state index contributed by atoms with van der Waals surface area (Å²) in [6, 6.07) is 17.6. The van der Waals surface area contributed by atoms with Crippen LogP contribution in [0.2, 0.25) is 0 Å². The van der Waals surface area contributed by atoms with Gasteiger partial charge in [-0.25, -0.2) is 15.2 Å². The number of pyridine rings is 1. The van der Waals surface area contributed by atoms with Gasteiger partial charge in [-0.05, 0) is 62.4 Å². The zero-order chi connectivity index (χ0) is 25.1. The number of aromatic nitrogens is 1. The highest BCUT2D eigenvalue weighted by atomic mass is 32.2. The van der Waals surface area contributed by atoms with Crippen molar-refractivity contribution in [1.29, 1.82) is 0 Å². The number of hydrazone groups is 1. The summed E-state index contributed by atoms with van der Waals surface area (Å²) in [5.41, 5.74) is 2.64. The maximum Gasteiger partial charge on any atom is 0.408 e. The fourth-order valence-corrected chi connectivity index (χ4v) is 3.45. The number of carbonyl (C=O) groups is 2. The Bertz CT molecular complexity index is 1110. The van der Waals surface area contributed by atoms with Crippen LogP contribution < -0.4 is 10.7 Å². The number of alkyl carbamates (subject to hydrolysis) is 1. The van der Waals surface area contributed by atoms with Gasteiger partial charge in [-0.2, -0.15) is 5.10 Å². The predicted molar refractivity (Wildman–Crippen MR) is 132 cm³/mol. The Labute approximate surface area is 208 Å². The van der Waals surface area contributed by atoms with Crippen molar-refractivity contribution in [3.05, 3.63) is 78.2 Å². The third kappa shape index (κ3) is 9.63. The predicted octanol–water partition coefficient (Wildman–Crippen LogP) is 4.39. The lowest BCUT2D eigenvalue weighted by molar-refractivity contribution is -0.124. The Morgan fingerprint density at radius 2 is 1.89 bits per heavy atom. The van der Waals surface area contributed by atoms with E-state index in [0.29, 0.717) is 10.9 Å². The SMILES string of the molecule is CC(C)(C)OC(=O)N[C@@H](COCc1ccccc1)C(=O)N/N=C\c1ccc(Sc2ccccn2)o1. The molecule has 0 saturated heterocycles. The second-order valence-corrected chi connectivity index (χ2v) is 9.39. The maximum absolute atomic E-state index is 12.7. The molecule has 9 nitrogen and oxygen atoms in total. The molecule has 0 aliphatic carbocycles. The van der Waals surface area contributed by atoms with E-state index in [2.05, 4.69) is 20.8 Å². The number of carbonyl (C=O) groups excluding carboxylic acids is 2. The fraction of sp³-hybridized carbons (Fsp3) is 0.280. The van der Waals surface area contributed by atoms with E-state index >= 15 is 0 Å². The second kappa shape index (κ2) is 12.7. The Balaban J connectivity index is 1.56. The third-order valence-electron chi connectivity index (χ3n) is 4.22. The van der Waals surface area contributed by atoms with Crippen molar-refractivity contribution in [2.45, 2.75) is 49.1 Å². The van der Waals surface area contributed by atoms with Crippen molar-refractivity contribution >= 4 is 30.0 Å². The molecular formula is C25H28N4O5S. The van der Waals surface area contributed by atoms with Crippen molar-refractivity contribution in [2.75, 3.05) is 6.61 Å². The quantitative estimate of drug-likeness (QED) is 0.316. The van der Waals surface area contributed by atoms with E-state index in [4.69, 9.17) is 13.9 Å². The summed E-state index contributed by atoms with van der Waals surface area (Å²) in [6.45, 7) is 5.43. The van der Waals surface area contributed by atoms with Crippen LogP contribution >= 0.6 is 11.8 Å². The van der Waals surface area contributed by atoms with Crippen LogP contribution in [-0.2, 0) is 20.9 Å². The lowest BCUT2D eigenvalue weighted by atomic mass is 10.2. The van der Waals surface area contributed by atoms with Gasteiger partial charge in [0.1, 0.15) is 22.4 Å². The number of hydrogen-bond donors (Lipinski definition) is 2. The van der Waals surface area contributed by atoms with Crippen LogP contribution in [0.5, 0.6) is 0 Å². The summed E-state index contributed by atoms with van der Waals surface area (Å²) in [6.07, 6.45) is 2.34. The zero-order valence-corrected chi connectivity index (χ0v) is 20.6. The van der Waals surface area contributed by atoms with Gasteiger partial charge >= 0.3 is 6.09 Å². The van der Waals surface area contributed by atoms with Crippen LogP contribution in [0.3, 0.4) is 0 Å². The van der Waals surface area contributed by atoms with E-state index in [-0.39, 0.29) is 13.2 Å². The van der Waals surface area contributed by atoms with Crippen LogP contribution in [0.15, 0.2) is 86.5 Å². The van der Waals surface area contributed by atoms with E-state index in [1.54, 1.807) is 39.1 Å². The Morgan fingerprint density at radius 1 is 1.11 bits per heavy atom. The van der Waals surface area contributed by atoms with Crippen LogP contribution in [0.1, 0.15) is 32.1 Å². The second-order valence-electron chi connectivity index (χ2n) is 8.36. The van der Waals surface area contributed by atoms with Crippen molar-refractivity contribution in [3.63, 3.8) is 0 Å². The van der Waals surface area contributed by atoms with Crippen LogP contribution in [0.25, 0.3) is 0 Å². The van der Waals surface area contributed by atoms with E-state index in [1.165, 1.54) is 18.0 Å². The molecule has 35 heavy (non-hydrogen) atoms. The van der Waals surface area contributed by atoms with Crippen molar-refractivity contribution < 1.29 is 23.5 Å². The topological polar surface area (TPSA) is 115 Å². The molecule has 0 saturated carbocycles. The zero-order valence-electron chi connectivity index (χ0n) is 19.8. The summed E-state index contributed by atoms with van der Waals surface area (Å²) in [4.78, 5) is 29.2. The first-order chi connectivity index (χ1) is 16.8. The molecule has 0 bridgehead atoms. The fourth-order valence-electron chi connectivity index (χ4n) is 2.71. The molecular weight excluding hydrogens is 468 g/mol. The number of amides is 2. The minimum atomic E-state index is -1.02. The molecule has 3 rings (SSSR count). The minimum Gasteiger partial charge on any atom is -0.448 e. The van der Waals surface area contributed by atoms with Crippen molar-refractivity contribution in [3.8, 4) is 0 Å². The summed E-state index contributed by atoms with van der Waals surface area (Å²) >= 11 is 1.37. The summed E-state index contributed by atoms with van der Waals surface area (Å²) < 4.78 is 16.6. The minimum absolute atomic E-state index is 0.0683. The molecule has 1 atom stereocenters. The Hall–Kier alpha value is -3.63. The monoisotopic (exact) mass is 496 g/mol. The lowest BCUT2D eigenvalue weighted by Crippen LogP contribution is -2.49.